The molecule has 0 unspecified atom stereocenters. The Kier molecular flexibility index (Phi) is 2.76. The van der Waals surface area contributed by atoms with Gasteiger partial charge in [-0.15, -0.1) is 11.3 Å². The fraction of sp³-hybridized carbons (Fsp3) is 0. The first-order valence-corrected chi connectivity index (χ1v) is 9.33. The van der Waals surface area contributed by atoms with Crippen LogP contribution in [0.1, 0.15) is 0 Å². The maximum absolute atomic E-state index is 4.54. The van der Waals surface area contributed by atoms with Gasteiger partial charge in [0, 0.05) is 32.4 Å². The van der Waals surface area contributed by atoms with Gasteiger partial charge in [-0.25, -0.2) is 9.97 Å². The molecular weight excluding hydrogens is 338 g/mol. The van der Waals surface area contributed by atoms with Gasteiger partial charge in [0.05, 0.1) is 15.7 Å². The van der Waals surface area contributed by atoms with Gasteiger partial charge in [-0.1, -0.05) is 48.5 Å². The van der Waals surface area contributed by atoms with Crippen LogP contribution in [0.3, 0.4) is 0 Å². The van der Waals surface area contributed by atoms with E-state index in [9.17, 15) is 0 Å². The second-order valence-electron chi connectivity index (χ2n) is 6.36. The van der Waals surface area contributed by atoms with E-state index in [0.717, 1.165) is 5.82 Å². The summed E-state index contributed by atoms with van der Waals surface area (Å²) in [5, 5.41) is 5.13. The number of para-hydroxylation sites is 1. The van der Waals surface area contributed by atoms with Crippen molar-refractivity contribution in [2.45, 2.75) is 0 Å². The molecule has 0 saturated heterocycles. The highest BCUT2D eigenvalue weighted by Crippen LogP contribution is 2.42. The lowest BCUT2D eigenvalue weighted by molar-refractivity contribution is 1.04. The molecule has 0 saturated carbocycles. The molecule has 122 valence electrons. The van der Waals surface area contributed by atoms with Crippen LogP contribution in [0.5, 0.6) is 0 Å². The molecule has 0 radical (unpaired) electrons. The molecule has 0 fully saturated rings. The van der Waals surface area contributed by atoms with E-state index in [-0.39, 0.29) is 0 Å². The number of nitrogens with zero attached hydrogens (tertiary/aromatic N) is 3. The molecule has 0 aliphatic rings. The summed E-state index contributed by atoms with van der Waals surface area (Å²) >= 11 is 1.85. The number of aromatic nitrogens is 3. The highest BCUT2D eigenvalue weighted by atomic mass is 32.1. The van der Waals surface area contributed by atoms with Crippen LogP contribution in [-0.4, -0.2) is 14.5 Å². The van der Waals surface area contributed by atoms with Crippen molar-refractivity contribution < 1.29 is 0 Å². The van der Waals surface area contributed by atoms with Crippen molar-refractivity contribution in [2.24, 2.45) is 0 Å². The number of thiophene rings is 1. The van der Waals surface area contributed by atoms with Crippen molar-refractivity contribution in [3.05, 3.63) is 79.3 Å². The quantitative estimate of drug-likeness (QED) is 0.367. The first-order chi connectivity index (χ1) is 12.9. The monoisotopic (exact) mass is 351 g/mol. The summed E-state index contributed by atoms with van der Waals surface area (Å²) in [4.78, 5) is 8.63. The fourth-order valence-corrected chi connectivity index (χ4v) is 5.13. The van der Waals surface area contributed by atoms with Gasteiger partial charge in [-0.3, -0.25) is 4.57 Å². The van der Waals surface area contributed by atoms with Gasteiger partial charge in [-0.2, -0.15) is 0 Å². The van der Waals surface area contributed by atoms with E-state index >= 15 is 0 Å². The zero-order valence-electron chi connectivity index (χ0n) is 13.8. The van der Waals surface area contributed by atoms with E-state index in [0.29, 0.717) is 0 Å². The van der Waals surface area contributed by atoms with E-state index < -0.39 is 0 Å². The second kappa shape index (κ2) is 5.13. The van der Waals surface area contributed by atoms with E-state index in [2.05, 4.69) is 75.2 Å². The Balaban J connectivity index is 1.92. The molecule has 3 nitrogen and oxygen atoms in total. The minimum absolute atomic E-state index is 0.899. The van der Waals surface area contributed by atoms with E-state index in [1.165, 1.54) is 42.0 Å². The topological polar surface area (TPSA) is 30.7 Å². The lowest BCUT2D eigenvalue weighted by Crippen LogP contribution is -1.97. The van der Waals surface area contributed by atoms with Crippen molar-refractivity contribution in [2.75, 3.05) is 0 Å². The lowest BCUT2D eigenvalue weighted by atomic mass is 10.1. The Bertz CT molecular complexity index is 1430. The molecule has 6 aromatic rings. The van der Waals surface area contributed by atoms with Crippen LogP contribution >= 0.6 is 11.3 Å². The Hall–Kier alpha value is -3.24. The van der Waals surface area contributed by atoms with Gasteiger partial charge in [0.1, 0.15) is 12.1 Å². The molecule has 0 aliphatic heterocycles. The molecule has 6 rings (SSSR count). The van der Waals surface area contributed by atoms with Crippen LogP contribution in [-0.2, 0) is 0 Å². The van der Waals surface area contributed by atoms with Crippen molar-refractivity contribution in [1.82, 2.24) is 14.5 Å². The molecule has 0 amide bonds. The van der Waals surface area contributed by atoms with Crippen molar-refractivity contribution >= 4 is 53.3 Å². The SMILES string of the molecule is c1ccc2c(c1)sc1c2ccc2c3ccccc3n(-c3ccncn3)c21. The van der Waals surface area contributed by atoms with Crippen LogP contribution < -0.4 is 0 Å². The van der Waals surface area contributed by atoms with Gasteiger partial charge in [0.25, 0.3) is 0 Å². The average molecular weight is 351 g/mol. The number of rotatable bonds is 1. The maximum Gasteiger partial charge on any atom is 0.141 e. The van der Waals surface area contributed by atoms with Gasteiger partial charge in [0.15, 0.2) is 0 Å². The first-order valence-electron chi connectivity index (χ1n) is 8.51. The molecule has 4 heteroatoms. The molecule has 0 atom stereocenters. The minimum Gasteiger partial charge on any atom is -0.292 e. The summed E-state index contributed by atoms with van der Waals surface area (Å²) in [5.41, 5.74) is 2.40. The van der Waals surface area contributed by atoms with Crippen LogP contribution in [0.2, 0.25) is 0 Å². The zero-order valence-corrected chi connectivity index (χ0v) is 14.6. The Morgan fingerprint density at radius 3 is 2.42 bits per heavy atom. The fourth-order valence-electron chi connectivity index (χ4n) is 3.88. The number of hydrogen-bond donors (Lipinski definition) is 0. The highest BCUT2D eigenvalue weighted by molar-refractivity contribution is 7.26. The van der Waals surface area contributed by atoms with Crippen LogP contribution in [0.4, 0.5) is 0 Å². The van der Waals surface area contributed by atoms with Crippen molar-refractivity contribution in [1.29, 1.82) is 0 Å². The summed E-state index contributed by atoms with van der Waals surface area (Å²) in [5.74, 6) is 0.899. The van der Waals surface area contributed by atoms with Crippen molar-refractivity contribution in [3.8, 4) is 5.82 Å². The third kappa shape index (κ3) is 1.77. The summed E-state index contributed by atoms with van der Waals surface area (Å²) in [6.07, 6.45) is 3.41. The summed E-state index contributed by atoms with van der Waals surface area (Å²) < 4.78 is 4.89. The molecular formula is C22H13N3S. The molecule has 0 N–H and O–H groups in total. The van der Waals surface area contributed by atoms with Crippen LogP contribution in [0.25, 0.3) is 47.8 Å². The smallest absolute Gasteiger partial charge is 0.141 e. The number of benzene rings is 3. The first kappa shape index (κ1) is 14.0. The molecule has 3 aromatic carbocycles. The zero-order chi connectivity index (χ0) is 17.1. The highest BCUT2D eigenvalue weighted by Gasteiger charge is 2.17. The third-order valence-electron chi connectivity index (χ3n) is 4.97. The number of fused-ring (bicyclic) bond motifs is 7. The second-order valence-corrected chi connectivity index (χ2v) is 7.41. The van der Waals surface area contributed by atoms with E-state index in [1.807, 2.05) is 17.4 Å². The minimum atomic E-state index is 0.899. The Labute approximate surface area is 153 Å². The predicted molar refractivity (Wildman–Crippen MR) is 109 cm³/mol. The third-order valence-corrected chi connectivity index (χ3v) is 6.17. The summed E-state index contributed by atoms with van der Waals surface area (Å²) in [6, 6.07) is 23.6. The van der Waals surface area contributed by atoms with Crippen molar-refractivity contribution in [3.63, 3.8) is 0 Å². The van der Waals surface area contributed by atoms with Gasteiger partial charge < -0.3 is 0 Å². The Morgan fingerprint density at radius 2 is 1.54 bits per heavy atom. The summed E-state index contributed by atoms with van der Waals surface area (Å²) in [7, 11) is 0. The van der Waals surface area contributed by atoms with E-state index in [4.69, 9.17) is 0 Å². The number of hydrogen-bond acceptors (Lipinski definition) is 3. The Morgan fingerprint density at radius 1 is 0.731 bits per heavy atom. The largest absolute Gasteiger partial charge is 0.292 e. The molecule has 26 heavy (non-hydrogen) atoms. The molecule has 3 heterocycles. The standard InChI is InChI=1S/C22H13N3S/c1-3-7-18-14(5-1)16-9-10-17-15-6-2-4-8-19(15)26-22(17)21(16)25(18)20-11-12-23-13-24-20/h1-13H. The molecule has 0 spiro atoms. The predicted octanol–water partition coefficient (Wildman–Crippen LogP) is 5.94. The lowest BCUT2D eigenvalue weighted by Gasteiger charge is -2.06. The maximum atomic E-state index is 4.54. The van der Waals surface area contributed by atoms with Gasteiger partial charge >= 0.3 is 0 Å². The molecule has 3 aromatic heterocycles. The van der Waals surface area contributed by atoms with E-state index in [1.54, 1.807) is 12.5 Å². The van der Waals surface area contributed by atoms with Gasteiger partial charge in [0.2, 0.25) is 0 Å². The summed E-state index contributed by atoms with van der Waals surface area (Å²) in [6.45, 7) is 0. The molecule has 0 bridgehead atoms. The average Bonchev–Trinajstić information content (AvgIpc) is 3.24. The normalized spacial score (nSPS) is 11.8. The molecule has 0 aliphatic carbocycles. The van der Waals surface area contributed by atoms with Crippen LogP contribution in [0, 0.1) is 0 Å². The van der Waals surface area contributed by atoms with Gasteiger partial charge in [-0.05, 0) is 18.2 Å². The van der Waals surface area contributed by atoms with Crippen LogP contribution in [0.15, 0.2) is 79.3 Å².